The summed E-state index contributed by atoms with van der Waals surface area (Å²) in [6, 6.07) is 4.97. The molecule has 1 aromatic carbocycles. The summed E-state index contributed by atoms with van der Waals surface area (Å²) in [6.07, 6.45) is -0.589. The molecule has 4 nitrogen and oxygen atoms in total. The molecule has 0 bridgehead atoms. The van der Waals surface area contributed by atoms with Gasteiger partial charge < -0.3 is 19.9 Å². The summed E-state index contributed by atoms with van der Waals surface area (Å²) in [6.45, 7) is 0.946. The molecule has 0 saturated heterocycles. The largest absolute Gasteiger partial charge is 0.494 e. The van der Waals surface area contributed by atoms with Gasteiger partial charge in [0.05, 0.1) is 19.8 Å². The van der Waals surface area contributed by atoms with Gasteiger partial charge in [0.1, 0.15) is 0 Å². The van der Waals surface area contributed by atoms with Crippen molar-refractivity contribution in [2.24, 2.45) is 0 Å². The number of hydrogen-bond donors (Lipinski definition) is 2. The molecule has 0 aliphatic rings. The molecule has 0 fully saturated rings. The molecule has 2 N–H and O–H groups in total. The lowest BCUT2D eigenvalue weighted by Gasteiger charge is -2.12. The number of rotatable bonds is 7. The molecule has 0 amide bonds. The molecule has 0 aliphatic carbocycles. The summed E-state index contributed by atoms with van der Waals surface area (Å²) in [5, 5.41) is 12.3. The van der Waals surface area contributed by atoms with Crippen molar-refractivity contribution >= 4 is 0 Å². The van der Waals surface area contributed by atoms with Gasteiger partial charge in [-0.3, -0.25) is 0 Å². The van der Waals surface area contributed by atoms with Crippen molar-refractivity contribution in [1.82, 2.24) is 5.32 Å². The average Bonchev–Trinajstić information content (AvgIpc) is 2.32. The number of benzene rings is 1. The van der Waals surface area contributed by atoms with Gasteiger partial charge in [-0.15, -0.1) is 0 Å². The van der Waals surface area contributed by atoms with Crippen LogP contribution in [-0.4, -0.2) is 38.6 Å². The SMILES string of the molecule is COCC(O)CNCc1cccc(OC)c1F. The lowest BCUT2D eigenvalue weighted by atomic mass is 10.2. The molecule has 1 atom stereocenters. The van der Waals surface area contributed by atoms with Crippen molar-refractivity contribution in [2.45, 2.75) is 12.6 Å². The molecule has 17 heavy (non-hydrogen) atoms. The molecule has 1 aromatic rings. The highest BCUT2D eigenvalue weighted by Crippen LogP contribution is 2.19. The fourth-order valence-electron chi connectivity index (χ4n) is 1.48. The van der Waals surface area contributed by atoms with Crippen LogP contribution < -0.4 is 10.1 Å². The Labute approximate surface area is 100 Å². The molecule has 96 valence electrons. The van der Waals surface area contributed by atoms with Gasteiger partial charge in [-0.1, -0.05) is 12.1 Å². The summed E-state index contributed by atoms with van der Waals surface area (Å²) in [7, 11) is 2.95. The van der Waals surface area contributed by atoms with Crippen molar-refractivity contribution in [2.75, 3.05) is 27.4 Å². The predicted molar refractivity (Wildman–Crippen MR) is 62.5 cm³/mol. The number of nitrogens with one attached hydrogen (secondary N) is 1. The van der Waals surface area contributed by atoms with E-state index in [1.54, 1.807) is 18.2 Å². The first-order valence-corrected chi connectivity index (χ1v) is 5.38. The highest BCUT2D eigenvalue weighted by atomic mass is 19.1. The Morgan fingerprint density at radius 3 is 2.82 bits per heavy atom. The lowest BCUT2D eigenvalue weighted by Crippen LogP contribution is -2.29. The molecule has 0 heterocycles. The van der Waals surface area contributed by atoms with Crippen molar-refractivity contribution < 1.29 is 19.0 Å². The van der Waals surface area contributed by atoms with E-state index in [9.17, 15) is 9.50 Å². The molecular weight excluding hydrogens is 225 g/mol. The van der Waals surface area contributed by atoms with Crippen LogP contribution in [0.25, 0.3) is 0 Å². The monoisotopic (exact) mass is 243 g/mol. The van der Waals surface area contributed by atoms with Gasteiger partial charge in [0.2, 0.25) is 0 Å². The maximum Gasteiger partial charge on any atom is 0.169 e. The molecule has 5 heteroatoms. The Morgan fingerprint density at radius 2 is 2.18 bits per heavy atom. The van der Waals surface area contributed by atoms with Crippen LogP contribution in [0.2, 0.25) is 0 Å². The van der Waals surface area contributed by atoms with Gasteiger partial charge in [0, 0.05) is 25.8 Å². The zero-order chi connectivity index (χ0) is 12.7. The van der Waals surface area contributed by atoms with Crippen LogP contribution in [0.4, 0.5) is 4.39 Å². The predicted octanol–water partition coefficient (Wildman–Crippen LogP) is 0.931. The van der Waals surface area contributed by atoms with Gasteiger partial charge >= 0.3 is 0 Å². The van der Waals surface area contributed by atoms with Crippen molar-refractivity contribution in [3.05, 3.63) is 29.6 Å². The minimum absolute atomic E-state index is 0.224. The summed E-state index contributed by atoms with van der Waals surface area (Å²) >= 11 is 0. The minimum Gasteiger partial charge on any atom is -0.494 e. The van der Waals surface area contributed by atoms with Crippen LogP contribution in [-0.2, 0) is 11.3 Å². The first-order chi connectivity index (χ1) is 8.19. The van der Waals surface area contributed by atoms with Crippen LogP contribution in [0.5, 0.6) is 5.75 Å². The van der Waals surface area contributed by atoms with Gasteiger partial charge in [-0.25, -0.2) is 4.39 Å². The Kier molecular flexibility index (Phi) is 5.90. The molecule has 0 radical (unpaired) electrons. The second-order valence-corrected chi connectivity index (χ2v) is 3.67. The van der Waals surface area contributed by atoms with E-state index in [0.717, 1.165) is 0 Å². The van der Waals surface area contributed by atoms with E-state index in [4.69, 9.17) is 9.47 Å². The van der Waals surface area contributed by atoms with E-state index in [2.05, 4.69) is 5.32 Å². The molecule has 0 aliphatic heterocycles. The zero-order valence-electron chi connectivity index (χ0n) is 10.1. The van der Waals surface area contributed by atoms with Gasteiger partial charge in [-0.2, -0.15) is 0 Å². The topological polar surface area (TPSA) is 50.7 Å². The van der Waals surface area contributed by atoms with Crippen LogP contribution in [0.15, 0.2) is 18.2 Å². The molecule has 1 rings (SSSR count). The average molecular weight is 243 g/mol. The fraction of sp³-hybridized carbons (Fsp3) is 0.500. The van der Waals surface area contributed by atoms with Gasteiger partial charge in [-0.05, 0) is 6.07 Å². The Morgan fingerprint density at radius 1 is 1.41 bits per heavy atom. The summed E-state index contributed by atoms with van der Waals surface area (Å²) in [5.74, 6) is -0.148. The van der Waals surface area contributed by atoms with Crippen molar-refractivity contribution in [3.8, 4) is 5.75 Å². The number of aliphatic hydroxyl groups is 1. The quantitative estimate of drug-likeness (QED) is 0.748. The second-order valence-electron chi connectivity index (χ2n) is 3.67. The normalized spacial score (nSPS) is 12.5. The highest BCUT2D eigenvalue weighted by molar-refractivity contribution is 5.30. The number of methoxy groups -OCH3 is 2. The van der Waals surface area contributed by atoms with E-state index in [-0.39, 0.29) is 18.2 Å². The third-order valence-corrected chi connectivity index (χ3v) is 2.32. The summed E-state index contributed by atoms with van der Waals surface area (Å²) < 4.78 is 23.4. The third-order valence-electron chi connectivity index (χ3n) is 2.32. The van der Waals surface area contributed by atoms with E-state index >= 15 is 0 Å². The minimum atomic E-state index is -0.589. The van der Waals surface area contributed by atoms with Gasteiger partial charge in [0.25, 0.3) is 0 Å². The van der Waals surface area contributed by atoms with Crippen LogP contribution >= 0.6 is 0 Å². The number of hydrogen-bond acceptors (Lipinski definition) is 4. The summed E-state index contributed by atoms with van der Waals surface area (Å²) in [4.78, 5) is 0. The van der Waals surface area contributed by atoms with Crippen LogP contribution in [0, 0.1) is 5.82 Å². The first-order valence-electron chi connectivity index (χ1n) is 5.38. The van der Waals surface area contributed by atoms with Crippen LogP contribution in [0.1, 0.15) is 5.56 Å². The Bertz CT molecular complexity index is 347. The maximum absolute atomic E-state index is 13.7. The van der Waals surface area contributed by atoms with E-state index in [0.29, 0.717) is 18.7 Å². The summed E-state index contributed by atoms with van der Waals surface area (Å²) in [5.41, 5.74) is 0.508. The number of halogens is 1. The first kappa shape index (κ1) is 13.9. The lowest BCUT2D eigenvalue weighted by molar-refractivity contribution is 0.0643. The van der Waals surface area contributed by atoms with Gasteiger partial charge in [0.15, 0.2) is 11.6 Å². The van der Waals surface area contributed by atoms with Crippen molar-refractivity contribution in [1.29, 1.82) is 0 Å². The molecular formula is C12H18FNO3. The molecule has 0 spiro atoms. The molecule has 0 aromatic heterocycles. The zero-order valence-corrected chi connectivity index (χ0v) is 10.1. The molecule has 0 saturated carbocycles. The number of aliphatic hydroxyl groups excluding tert-OH is 1. The fourth-order valence-corrected chi connectivity index (χ4v) is 1.48. The standard InChI is InChI=1S/C12H18FNO3/c1-16-8-10(15)7-14-6-9-4-3-5-11(17-2)12(9)13/h3-5,10,14-15H,6-8H2,1-2H3. The smallest absolute Gasteiger partial charge is 0.169 e. The van der Waals surface area contributed by atoms with Crippen LogP contribution in [0.3, 0.4) is 0 Å². The number of ether oxygens (including phenoxy) is 2. The second kappa shape index (κ2) is 7.21. The highest BCUT2D eigenvalue weighted by Gasteiger charge is 2.08. The maximum atomic E-state index is 13.7. The van der Waals surface area contributed by atoms with Crippen molar-refractivity contribution in [3.63, 3.8) is 0 Å². The Hall–Kier alpha value is -1.17. The van der Waals surface area contributed by atoms with E-state index in [1.165, 1.54) is 14.2 Å². The Balaban J connectivity index is 2.46. The van der Waals surface area contributed by atoms with E-state index < -0.39 is 6.10 Å². The third kappa shape index (κ3) is 4.30. The van der Waals surface area contributed by atoms with E-state index in [1.807, 2.05) is 0 Å². The molecule has 1 unspecified atom stereocenters.